The molecule has 3 nitrogen and oxygen atoms in total. The number of hydrogen-bond donors (Lipinski definition) is 2. The summed E-state index contributed by atoms with van der Waals surface area (Å²) in [6, 6.07) is 6.26. The highest BCUT2D eigenvalue weighted by molar-refractivity contribution is 5.62. The van der Waals surface area contributed by atoms with E-state index in [1.165, 1.54) is 11.3 Å². The third-order valence-electron chi connectivity index (χ3n) is 3.48. The van der Waals surface area contributed by atoms with Crippen molar-refractivity contribution in [2.24, 2.45) is 0 Å². The van der Waals surface area contributed by atoms with Crippen LogP contribution in [0.25, 0.3) is 0 Å². The average Bonchev–Trinajstić information content (AvgIpc) is 2.51. The standard InChI is InChI=1S/C15H23NO2/c1-10(2)16-12(9-15(3,4)18)7-11-8-13(17)5-6-14(11)16/h5-6,8,10,12,17-18H,7,9H2,1-4H3. The highest BCUT2D eigenvalue weighted by atomic mass is 16.3. The van der Waals surface area contributed by atoms with Gasteiger partial charge in [-0.3, -0.25) is 0 Å². The van der Waals surface area contributed by atoms with Crippen LogP contribution in [-0.2, 0) is 6.42 Å². The minimum absolute atomic E-state index is 0.307. The van der Waals surface area contributed by atoms with Crippen LogP contribution < -0.4 is 4.90 Å². The second kappa shape index (κ2) is 4.47. The van der Waals surface area contributed by atoms with Gasteiger partial charge in [0, 0.05) is 17.8 Å². The quantitative estimate of drug-likeness (QED) is 0.865. The molecule has 0 amide bonds. The summed E-state index contributed by atoms with van der Waals surface area (Å²) in [5.41, 5.74) is 1.71. The number of phenols is 1. The number of anilines is 1. The minimum Gasteiger partial charge on any atom is -0.508 e. The molecule has 0 aromatic heterocycles. The minimum atomic E-state index is -0.665. The fourth-order valence-electron chi connectivity index (χ4n) is 2.98. The Labute approximate surface area is 109 Å². The lowest BCUT2D eigenvalue weighted by molar-refractivity contribution is 0.0629. The number of aromatic hydroxyl groups is 1. The van der Waals surface area contributed by atoms with Crippen molar-refractivity contribution in [3.05, 3.63) is 23.8 Å². The predicted octanol–water partition coefficient (Wildman–Crippen LogP) is 2.69. The molecule has 1 aliphatic heterocycles. The van der Waals surface area contributed by atoms with Crippen LogP contribution >= 0.6 is 0 Å². The average molecular weight is 249 g/mol. The van der Waals surface area contributed by atoms with Gasteiger partial charge in [-0.15, -0.1) is 0 Å². The van der Waals surface area contributed by atoms with E-state index in [0.29, 0.717) is 17.8 Å². The van der Waals surface area contributed by atoms with Crippen molar-refractivity contribution in [2.45, 2.75) is 58.2 Å². The van der Waals surface area contributed by atoms with Crippen molar-refractivity contribution in [2.75, 3.05) is 4.90 Å². The molecule has 0 fully saturated rings. The fraction of sp³-hybridized carbons (Fsp3) is 0.600. The Kier molecular flexibility index (Phi) is 3.28. The molecule has 1 aromatic carbocycles. The van der Waals surface area contributed by atoms with E-state index in [4.69, 9.17) is 0 Å². The maximum atomic E-state index is 10.0. The number of rotatable bonds is 3. The Hall–Kier alpha value is -1.22. The first-order valence-corrected chi connectivity index (χ1v) is 6.60. The van der Waals surface area contributed by atoms with E-state index in [9.17, 15) is 10.2 Å². The highest BCUT2D eigenvalue weighted by Crippen LogP contribution is 2.38. The number of aliphatic hydroxyl groups is 1. The Morgan fingerprint density at radius 1 is 1.39 bits per heavy atom. The lowest BCUT2D eigenvalue weighted by atomic mass is 9.96. The van der Waals surface area contributed by atoms with Crippen LogP contribution in [0.1, 0.15) is 39.7 Å². The molecule has 2 N–H and O–H groups in total. The Balaban J connectivity index is 2.31. The van der Waals surface area contributed by atoms with E-state index in [1.807, 2.05) is 26.0 Å². The summed E-state index contributed by atoms with van der Waals surface area (Å²) in [5.74, 6) is 0.321. The van der Waals surface area contributed by atoms with Crippen molar-refractivity contribution in [1.82, 2.24) is 0 Å². The zero-order valence-electron chi connectivity index (χ0n) is 11.6. The molecule has 1 heterocycles. The molecule has 2 rings (SSSR count). The molecule has 0 aliphatic carbocycles. The molecule has 1 atom stereocenters. The lowest BCUT2D eigenvalue weighted by Gasteiger charge is -2.34. The van der Waals surface area contributed by atoms with Gasteiger partial charge in [-0.1, -0.05) is 0 Å². The van der Waals surface area contributed by atoms with E-state index in [-0.39, 0.29) is 0 Å². The Bertz CT molecular complexity index is 435. The van der Waals surface area contributed by atoms with Crippen LogP contribution in [0.2, 0.25) is 0 Å². The third-order valence-corrected chi connectivity index (χ3v) is 3.48. The lowest BCUT2D eigenvalue weighted by Crippen LogP contribution is -2.42. The molecule has 0 bridgehead atoms. The molecular weight excluding hydrogens is 226 g/mol. The summed E-state index contributed by atoms with van der Waals surface area (Å²) < 4.78 is 0. The molecule has 0 spiro atoms. The third kappa shape index (κ3) is 2.61. The van der Waals surface area contributed by atoms with Gasteiger partial charge in [0.05, 0.1) is 5.60 Å². The molecule has 1 aromatic rings. The van der Waals surface area contributed by atoms with Crippen LogP contribution in [0.5, 0.6) is 5.75 Å². The number of phenolic OH excluding ortho intramolecular Hbond substituents is 1. The fourth-order valence-corrected chi connectivity index (χ4v) is 2.98. The first kappa shape index (κ1) is 13.2. The summed E-state index contributed by atoms with van der Waals surface area (Å²) in [6.45, 7) is 8.04. The molecular formula is C15H23NO2. The molecule has 1 unspecified atom stereocenters. The van der Waals surface area contributed by atoms with Gasteiger partial charge < -0.3 is 15.1 Å². The number of fused-ring (bicyclic) bond motifs is 1. The second-order valence-electron chi connectivity index (χ2n) is 6.19. The summed E-state index contributed by atoms with van der Waals surface area (Å²) in [4.78, 5) is 2.35. The zero-order chi connectivity index (χ0) is 13.5. The molecule has 0 saturated carbocycles. The Morgan fingerprint density at radius 3 is 2.61 bits per heavy atom. The van der Waals surface area contributed by atoms with Gasteiger partial charge in [0.2, 0.25) is 0 Å². The van der Waals surface area contributed by atoms with E-state index >= 15 is 0 Å². The molecule has 0 radical (unpaired) electrons. The van der Waals surface area contributed by atoms with Gasteiger partial charge in [0.15, 0.2) is 0 Å². The monoisotopic (exact) mass is 249 g/mol. The van der Waals surface area contributed by atoms with Gasteiger partial charge in [-0.25, -0.2) is 0 Å². The van der Waals surface area contributed by atoms with Crippen molar-refractivity contribution in [1.29, 1.82) is 0 Å². The Morgan fingerprint density at radius 2 is 2.06 bits per heavy atom. The van der Waals surface area contributed by atoms with Crippen LogP contribution in [-0.4, -0.2) is 27.9 Å². The molecule has 3 heteroatoms. The second-order valence-corrected chi connectivity index (χ2v) is 6.19. The van der Waals surface area contributed by atoms with E-state index in [1.54, 1.807) is 6.07 Å². The number of hydrogen-bond acceptors (Lipinski definition) is 3. The summed E-state index contributed by atoms with van der Waals surface area (Å²) in [5, 5.41) is 19.6. The van der Waals surface area contributed by atoms with E-state index in [2.05, 4.69) is 18.7 Å². The summed E-state index contributed by atoms with van der Waals surface area (Å²) in [6.07, 6.45) is 1.63. The maximum absolute atomic E-state index is 10.0. The summed E-state index contributed by atoms with van der Waals surface area (Å²) in [7, 11) is 0. The van der Waals surface area contributed by atoms with Gasteiger partial charge in [0.25, 0.3) is 0 Å². The van der Waals surface area contributed by atoms with Crippen molar-refractivity contribution in [3.63, 3.8) is 0 Å². The van der Waals surface area contributed by atoms with Gasteiger partial charge in [0.1, 0.15) is 5.75 Å². The van der Waals surface area contributed by atoms with Gasteiger partial charge >= 0.3 is 0 Å². The smallest absolute Gasteiger partial charge is 0.116 e. The van der Waals surface area contributed by atoms with E-state index < -0.39 is 5.60 Å². The molecule has 0 saturated heterocycles. The van der Waals surface area contributed by atoms with E-state index in [0.717, 1.165) is 12.8 Å². The predicted molar refractivity (Wildman–Crippen MR) is 74.1 cm³/mol. The highest BCUT2D eigenvalue weighted by Gasteiger charge is 2.34. The van der Waals surface area contributed by atoms with Crippen LogP contribution in [0.3, 0.4) is 0 Å². The van der Waals surface area contributed by atoms with Gasteiger partial charge in [-0.05, 0) is 64.3 Å². The first-order chi connectivity index (χ1) is 8.28. The van der Waals surface area contributed by atoms with Crippen LogP contribution in [0.15, 0.2) is 18.2 Å². The largest absolute Gasteiger partial charge is 0.508 e. The SMILES string of the molecule is CC(C)N1c2ccc(O)cc2CC1CC(C)(C)O. The van der Waals surface area contributed by atoms with Gasteiger partial charge in [-0.2, -0.15) is 0 Å². The molecule has 18 heavy (non-hydrogen) atoms. The summed E-state index contributed by atoms with van der Waals surface area (Å²) >= 11 is 0. The zero-order valence-corrected chi connectivity index (χ0v) is 11.6. The number of nitrogens with zero attached hydrogens (tertiary/aromatic N) is 1. The maximum Gasteiger partial charge on any atom is 0.116 e. The number of benzene rings is 1. The van der Waals surface area contributed by atoms with Crippen molar-refractivity contribution < 1.29 is 10.2 Å². The van der Waals surface area contributed by atoms with Crippen LogP contribution in [0.4, 0.5) is 5.69 Å². The van der Waals surface area contributed by atoms with Crippen molar-refractivity contribution >= 4 is 5.69 Å². The van der Waals surface area contributed by atoms with Crippen LogP contribution in [0, 0.1) is 0 Å². The molecule has 1 aliphatic rings. The first-order valence-electron chi connectivity index (χ1n) is 6.60. The molecule has 100 valence electrons. The van der Waals surface area contributed by atoms with Crippen molar-refractivity contribution in [3.8, 4) is 5.75 Å². The normalized spacial score (nSPS) is 19.4. The topological polar surface area (TPSA) is 43.7 Å².